The van der Waals surface area contributed by atoms with Gasteiger partial charge in [0.25, 0.3) is 0 Å². The number of ether oxygens (including phenoxy) is 2. The second kappa shape index (κ2) is 10.6. The average molecular weight is 392 g/mol. The zero-order valence-electron chi connectivity index (χ0n) is 17.1. The molecule has 0 heterocycles. The Labute approximate surface area is 173 Å². The van der Waals surface area contributed by atoms with Crippen LogP contribution in [-0.2, 0) is 13.1 Å². The topological polar surface area (TPSA) is 41.9 Å². The number of hydrogen-bond donors (Lipinski definition) is 1. The fourth-order valence-corrected chi connectivity index (χ4v) is 3.36. The van der Waals surface area contributed by atoms with Crippen molar-refractivity contribution in [3.8, 4) is 11.5 Å². The lowest BCUT2D eigenvalue weighted by molar-refractivity contribution is 0.0623. The van der Waals surface area contributed by atoms with Gasteiger partial charge in [-0.1, -0.05) is 66.7 Å². The van der Waals surface area contributed by atoms with Gasteiger partial charge in [0, 0.05) is 25.2 Å². The van der Waals surface area contributed by atoms with Crippen LogP contribution < -0.4 is 9.47 Å². The lowest BCUT2D eigenvalue weighted by Gasteiger charge is -2.26. The number of benzene rings is 3. The van der Waals surface area contributed by atoms with Crippen LogP contribution in [0.4, 0.5) is 0 Å². The molecule has 152 valence electrons. The highest BCUT2D eigenvalue weighted by Gasteiger charge is 2.16. The maximum absolute atomic E-state index is 10.7. The summed E-state index contributed by atoms with van der Waals surface area (Å²) in [7, 11) is 1.69. The van der Waals surface area contributed by atoms with E-state index in [0.29, 0.717) is 13.1 Å². The van der Waals surface area contributed by atoms with Gasteiger partial charge in [0.15, 0.2) is 0 Å². The third-order valence-electron chi connectivity index (χ3n) is 4.83. The molecular weight excluding hydrogens is 362 g/mol. The van der Waals surface area contributed by atoms with E-state index < -0.39 is 6.10 Å². The predicted octanol–water partition coefficient (Wildman–Crippen LogP) is 4.45. The summed E-state index contributed by atoms with van der Waals surface area (Å²) < 4.78 is 11.3. The monoisotopic (exact) mass is 391 g/mol. The minimum atomic E-state index is -0.604. The van der Waals surface area contributed by atoms with Crippen molar-refractivity contribution in [3.05, 3.63) is 95.6 Å². The van der Waals surface area contributed by atoms with Crippen molar-refractivity contribution >= 4 is 0 Å². The van der Waals surface area contributed by atoms with Crippen molar-refractivity contribution in [1.29, 1.82) is 0 Å². The number of aliphatic hydroxyl groups is 1. The molecule has 4 nitrogen and oxygen atoms in total. The van der Waals surface area contributed by atoms with E-state index in [2.05, 4.69) is 23.1 Å². The Kier molecular flexibility index (Phi) is 7.68. The molecular formula is C25H29NO3. The Balaban J connectivity index is 1.67. The van der Waals surface area contributed by atoms with Gasteiger partial charge >= 0.3 is 0 Å². The van der Waals surface area contributed by atoms with Crippen LogP contribution >= 0.6 is 0 Å². The van der Waals surface area contributed by atoms with Gasteiger partial charge in [0.2, 0.25) is 0 Å². The van der Waals surface area contributed by atoms with Crippen molar-refractivity contribution < 1.29 is 14.6 Å². The summed E-state index contributed by atoms with van der Waals surface area (Å²) in [6, 6.07) is 26.2. The number of rotatable bonds is 10. The second-order valence-electron chi connectivity index (χ2n) is 7.20. The van der Waals surface area contributed by atoms with Crippen LogP contribution in [0.5, 0.6) is 11.5 Å². The standard InChI is InChI=1S/C25H29NO3/c1-20-10-6-8-14-24(20)29-19-23(27)18-26(16-21-11-4-3-5-12-21)17-22-13-7-9-15-25(22)28-2/h3-15,23,27H,16-19H2,1-2H3. The van der Waals surface area contributed by atoms with Gasteiger partial charge in [0.1, 0.15) is 24.2 Å². The Bertz CT molecular complexity index is 882. The number of aliphatic hydroxyl groups excluding tert-OH is 1. The van der Waals surface area contributed by atoms with E-state index in [1.807, 2.05) is 67.6 Å². The Morgan fingerprint density at radius 1 is 0.828 bits per heavy atom. The van der Waals surface area contributed by atoms with Gasteiger partial charge in [0.05, 0.1) is 7.11 Å². The summed E-state index contributed by atoms with van der Waals surface area (Å²) in [6.07, 6.45) is -0.604. The molecule has 1 unspecified atom stereocenters. The summed E-state index contributed by atoms with van der Waals surface area (Å²) >= 11 is 0. The largest absolute Gasteiger partial charge is 0.496 e. The van der Waals surface area contributed by atoms with Crippen LogP contribution in [0.1, 0.15) is 16.7 Å². The summed E-state index contributed by atoms with van der Waals surface area (Å²) in [5.74, 6) is 1.67. The van der Waals surface area contributed by atoms with E-state index in [0.717, 1.165) is 29.2 Å². The van der Waals surface area contributed by atoms with Gasteiger partial charge in [-0.25, -0.2) is 0 Å². The maximum Gasteiger partial charge on any atom is 0.123 e. The van der Waals surface area contributed by atoms with Crippen LogP contribution in [0, 0.1) is 6.92 Å². The van der Waals surface area contributed by atoms with Gasteiger partial charge in [-0.15, -0.1) is 0 Å². The summed E-state index contributed by atoms with van der Waals surface area (Å²) in [5.41, 5.74) is 3.36. The van der Waals surface area contributed by atoms with Crippen LogP contribution in [-0.4, -0.2) is 36.4 Å². The van der Waals surface area contributed by atoms with Crippen molar-refractivity contribution in [2.24, 2.45) is 0 Å². The van der Waals surface area contributed by atoms with E-state index in [4.69, 9.17) is 9.47 Å². The van der Waals surface area contributed by atoms with Crippen LogP contribution in [0.25, 0.3) is 0 Å². The van der Waals surface area contributed by atoms with Crippen molar-refractivity contribution in [2.75, 3.05) is 20.3 Å². The lowest BCUT2D eigenvalue weighted by Crippen LogP contribution is -2.35. The fraction of sp³-hybridized carbons (Fsp3) is 0.280. The zero-order valence-corrected chi connectivity index (χ0v) is 17.1. The third kappa shape index (κ3) is 6.34. The summed E-state index contributed by atoms with van der Waals surface area (Å²) in [4.78, 5) is 2.22. The number of methoxy groups -OCH3 is 1. The number of nitrogens with zero attached hydrogens (tertiary/aromatic N) is 1. The Morgan fingerprint density at radius 3 is 2.21 bits per heavy atom. The highest BCUT2D eigenvalue weighted by Crippen LogP contribution is 2.21. The molecule has 0 amide bonds. The highest BCUT2D eigenvalue weighted by atomic mass is 16.5. The molecule has 0 saturated carbocycles. The molecule has 0 fully saturated rings. The normalized spacial score (nSPS) is 12.0. The molecule has 0 aliphatic carbocycles. The van der Waals surface area contributed by atoms with E-state index in [9.17, 15) is 5.11 Å². The van der Waals surface area contributed by atoms with Gasteiger partial charge in [-0.3, -0.25) is 4.90 Å². The van der Waals surface area contributed by atoms with E-state index in [-0.39, 0.29) is 6.61 Å². The SMILES string of the molecule is COc1ccccc1CN(Cc1ccccc1)CC(O)COc1ccccc1C. The van der Waals surface area contributed by atoms with E-state index in [1.165, 1.54) is 5.56 Å². The van der Waals surface area contributed by atoms with Gasteiger partial charge in [-0.05, 0) is 30.2 Å². The van der Waals surface area contributed by atoms with Crippen molar-refractivity contribution in [3.63, 3.8) is 0 Å². The smallest absolute Gasteiger partial charge is 0.123 e. The molecule has 29 heavy (non-hydrogen) atoms. The molecule has 0 aliphatic rings. The van der Waals surface area contributed by atoms with Gasteiger partial charge < -0.3 is 14.6 Å². The minimum absolute atomic E-state index is 0.252. The first kappa shape index (κ1) is 20.9. The van der Waals surface area contributed by atoms with Crippen LogP contribution in [0.15, 0.2) is 78.9 Å². The lowest BCUT2D eigenvalue weighted by atomic mass is 10.1. The fourth-order valence-electron chi connectivity index (χ4n) is 3.36. The van der Waals surface area contributed by atoms with Gasteiger partial charge in [-0.2, -0.15) is 0 Å². The Morgan fingerprint density at radius 2 is 1.48 bits per heavy atom. The molecule has 3 aromatic carbocycles. The minimum Gasteiger partial charge on any atom is -0.496 e. The quantitative estimate of drug-likeness (QED) is 0.555. The molecule has 0 saturated heterocycles. The number of aryl methyl sites for hydroxylation is 1. The second-order valence-corrected chi connectivity index (χ2v) is 7.20. The molecule has 3 aromatic rings. The molecule has 3 rings (SSSR count). The highest BCUT2D eigenvalue weighted by molar-refractivity contribution is 5.33. The molecule has 0 aromatic heterocycles. The molecule has 0 bridgehead atoms. The first-order valence-corrected chi connectivity index (χ1v) is 9.90. The average Bonchev–Trinajstić information content (AvgIpc) is 2.74. The molecule has 0 aliphatic heterocycles. The molecule has 0 radical (unpaired) electrons. The first-order chi connectivity index (χ1) is 14.2. The predicted molar refractivity (Wildman–Crippen MR) is 116 cm³/mol. The molecule has 4 heteroatoms. The first-order valence-electron chi connectivity index (χ1n) is 9.90. The molecule has 1 atom stereocenters. The maximum atomic E-state index is 10.7. The van der Waals surface area contributed by atoms with E-state index in [1.54, 1.807) is 7.11 Å². The third-order valence-corrected chi connectivity index (χ3v) is 4.83. The zero-order chi connectivity index (χ0) is 20.5. The molecule has 1 N–H and O–H groups in total. The summed E-state index contributed by atoms with van der Waals surface area (Å²) in [6.45, 7) is 4.17. The van der Waals surface area contributed by atoms with Crippen molar-refractivity contribution in [2.45, 2.75) is 26.1 Å². The number of para-hydroxylation sites is 2. The van der Waals surface area contributed by atoms with Crippen LogP contribution in [0.3, 0.4) is 0 Å². The van der Waals surface area contributed by atoms with Crippen LogP contribution in [0.2, 0.25) is 0 Å². The van der Waals surface area contributed by atoms with E-state index >= 15 is 0 Å². The number of hydrogen-bond acceptors (Lipinski definition) is 4. The Hall–Kier alpha value is -2.82. The van der Waals surface area contributed by atoms with Crippen molar-refractivity contribution in [1.82, 2.24) is 4.90 Å². The molecule has 0 spiro atoms. The summed E-state index contributed by atoms with van der Waals surface area (Å²) in [5, 5.41) is 10.7.